The lowest BCUT2D eigenvalue weighted by molar-refractivity contribution is 0.204. The van der Waals surface area contributed by atoms with E-state index in [0.29, 0.717) is 6.04 Å². The largest absolute Gasteiger partial charge is 0.315 e. The van der Waals surface area contributed by atoms with Gasteiger partial charge >= 0.3 is 0 Å². The minimum absolute atomic E-state index is 0.633. The molecule has 1 saturated carbocycles. The highest BCUT2D eigenvalue weighted by Crippen LogP contribution is 2.24. The SMILES string of the molecule is CNC(CN(C)CC1CCCCC1)C(C)C. The van der Waals surface area contributed by atoms with Crippen LogP contribution in [0.5, 0.6) is 0 Å². The summed E-state index contributed by atoms with van der Waals surface area (Å²) < 4.78 is 0. The molecule has 0 spiro atoms. The first-order valence-corrected chi connectivity index (χ1v) is 6.99. The van der Waals surface area contributed by atoms with Crippen molar-refractivity contribution in [3.8, 4) is 0 Å². The van der Waals surface area contributed by atoms with Crippen LogP contribution >= 0.6 is 0 Å². The van der Waals surface area contributed by atoms with Crippen LogP contribution in [0.15, 0.2) is 0 Å². The minimum atomic E-state index is 0.633. The van der Waals surface area contributed by atoms with Gasteiger partial charge in [0, 0.05) is 19.1 Å². The molecule has 0 aliphatic heterocycles. The molecule has 1 unspecified atom stereocenters. The van der Waals surface area contributed by atoms with E-state index in [4.69, 9.17) is 0 Å². The van der Waals surface area contributed by atoms with Crippen LogP contribution in [0.3, 0.4) is 0 Å². The van der Waals surface area contributed by atoms with Gasteiger partial charge in [0.1, 0.15) is 0 Å². The lowest BCUT2D eigenvalue weighted by Gasteiger charge is -2.31. The van der Waals surface area contributed by atoms with Gasteiger partial charge in [0.2, 0.25) is 0 Å². The molecule has 0 aromatic heterocycles. The summed E-state index contributed by atoms with van der Waals surface area (Å²) in [4.78, 5) is 2.52. The summed E-state index contributed by atoms with van der Waals surface area (Å²) in [6.07, 6.45) is 7.29. The highest BCUT2D eigenvalue weighted by atomic mass is 15.1. The van der Waals surface area contributed by atoms with Crippen LogP contribution < -0.4 is 5.32 Å². The molecule has 96 valence electrons. The molecule has 0 aromatic carbocycles. The van der Waals surface area contributed by atoms with E-state index in [1.54, 1.807) is 0 Å². The molecule has 0 saturated heterocycles. The van der Waals surface area contributed by atoms with Crippen molar-refractivity contribution in [2.45, 2.75) is 52.0 Å². The molecule has 1 aliphatic carbocycles. The van der Waals surface area contributed by atoms with E-state index in [1.807, 2.05) is 0 Å². The van der Waals surface area contributed by atoms with Gasteiger partial charge in [0.05, 0.1) is 0 Å². The molecule has 1 atom stereocenters. The molecule has 0 amide bonds. The molecule has 0 radical (unpaired) electrons. The van der Waals surface area contributed by atoms with Crippen LogP contribution in [0.2, 0.25) is 0 Å². The molecule has 2 heteroatoms. The predicted molar refractivity (Wildman–Crippen MR) is 71.8 cm³/mol. The molecule has 1 N–H and O–H groups in total. The van der Waals surface area contributed by atoms with Crippen LogP contribution in [-0.2, 0) is 0 Å². The maximum absolute atomic E-state index is 3.43. The molecule has 2 nitrogen and oxygen atoms in total. The highest BCUT2D eigenvalue weighted by Gasteiger charge is 2.18. The monoisotopic (exact) mass is 226 g/mol. The average Bonchev–Trinajstić information content (AvgIpc) is 2.27. The second kappa shape index (κ2) is 7.29. The van der Waals surface area contributed by atoms with Gasteiger partial charge in [0.15, 0.2) is 0 Å². The van der Waals surface area contributed by atoms with Crippen LogP contribution in [0.4, 0.5) is 0 Å². The van der Waals surface area contributed by atoms with Gasteiger partial charge in [-0.3, -0.25) is 0 Å². The molecule has 1 fully saturated rings. The topological polar surface area (TPSA) is 15.3 Å². The maximum Gasteiger partial charge on any atom is 0.0214 e. The van der Waals surface area contributed by atoms with Crippen molar-refractivity contribution in [1.29, 1.82) is 0 Å². The molecule has 1 rings (SSSR count). The highest BCUT2D eigenvalue weighted by molar-refractivity contribution is 4.75. The number of rotatable bonds is 6. The predicted octanol–water partition coefficient (Wildman–Crippen LogP) is 2.74. The van der Waals surface area contributed by atoms with Crippen LogP contribution in [0.25, 0.3) is 0 Å². The van der Waals surface area contributed by atoms with E-state index >= 15 is 0 Å². The van der Waals surface area contributed by atoms with E-state index in [9.17, 15) is 0 Å². The Labute approximate surface area is 102 Å². The molecular formula is C14H30N2. The van der Waals surface area contributed by atoms with Crippen molar-refractivity contribution in [2.24, 2.45) is 11.8 Å². The van der Waals surface area contributed by atoms with Gasteiger partial charge in [0.25, 0.3) is 0 Å². The molecule has 1 aliphatic rings. The van der Waals surface area contributed by atoms with Gasteiger partial charge in [-0.15, -0.1) is 0 Å². The quantitative estimate of drug-likeness (QED) is 0.749. The number of nitrogens with zero attached hydrogens (tertiary/aromatic N) is 1. The summed E-state index contributed by atoms with van der Waals surface area (Å²) in [5, 5.41) is 3.43. The van der Waals surface area contributed by atoms with Gasteiger partial charge in [-0.25, -0.2) is 0 Å². The van der Waals surface area contributed by atoms with E-state index in [-0.39, 0.29) is 0 Å². The zero-order chi connectivity index (χ0) is 12.0. The number of hydrogen-bond acceptors (Lipinski definition) is 2. The molecule has 0 aromatic rings. The summed E-state index contributed by atoms with van der Waals surface area (Å²) in [5.74, 6) is 1.68. The number of likely N-dealkylation sites (N-methyl/N-ethyl adjacent to an activating group) is 2. The Morgan fingerprint density at radius 1 is 1.19 bits per heavy atom. The molecule has 16 heavy (non-hydrogen) atoms. The van der Waals surface area contributed by atoms with Crippen molar-refractivity contribution >= 4 is 0 Å². The standard InChI is InChI=1S/C14H30N2/c1-12(2)14(15-3)11-16(4)10-13-8-6-5-7-9-13/h12-15H,5-11H2,1-4H3. The Kier molecular flexibility index (Phi) is 6.37. The summed E-state index contributed by atoms with van der Waals surface area (Å²) in [6.45, 7) is 7.08. The first-order valence-electron chi connectivity index (χ1n) is 6.99. The summed E-state index contributed by atoms with van der Waals surface area (Å²) in [6, 6.07) is 0.633. The first-order chi connectivity index (χ1) is 7.63. The van der Waals surface area contributed by atoms with Crippen LogP contribution in [0.1, 0.15) is 46.0 Å². The zero-order valence-corrected chi connectivity index (χ0v) is 11.6. The number of hydrogen-bond donors (Lipinski definition) is 1. The molecule has 0 bridgehead atoms. The summed E-state index contributed by atoms with van der Waals surface area (Å²) in [7, 11) is 4.36. The van der Waals surface area contributed by atoms with E-state index < -0.39 is 0 Å². The van der Waals surface area contributed by atoms with Gasteiger partial charge < -0.3 is 10.2 Å². The van der Waals surface area contributed by atoms with Crippen molar-refractivity contribution in [2.75, 3.05) is 27.2 Å². The number of nitrogens with one attached hydrogen (secondary N) is 1. The lowest BCUT2D eigenvalue weighted by atomic mass is 9.89. The Balaban J connectivity index is 2.25. The van der Waals surface area contributed by atoms with Gasteiger partial charge in [-0.05, 0) is 38.8 Å². The van der Waals surface area contributed by atoms with Crippen LogP contribution in [0, 0.1) is 11.8 Å². The Bertz CT molecular complexity index is 174. The van der Waals surface area contributed by atoms with Crippen molar-refractivity contribution in [3.63, 3.8) is 0 Å². The maximum atomic E-state index is 3.43. The lowest BCUT2D eigenvalue weighted by Crippen LogP contribution is -2.42. The zero-order valence-electron chi connectivity index (χ0n) is 11.6. The fourth-order valence-corrected chi connectivity index (χ4v) is 2.86. The van der Waals surface area contributed by atoms with Crippen molar-refractivity contribution < 1.29 is 0 Å². The fraction of sp³-hybridized carbons (Fsp3) is 1.00. The van der Waals surface area contributed by atoms with Gasteiger partial charge in [-0.1, -0.05) is 33.1 Å². The van der Waals surface area contributed by atoms with Crippen molar-refractivity contribution in [3.05, 3.63) is 0 Å². The third-order valence-electron chi connectivity index (χ3n) is 3.98. The fourth-order valence-electron chi connectivity index (χ4n) is 2.86. The third kappa shape index (κ3) is 4.84. The van der Waals surface area contributed by atoms with Gasteiger partial charge in [-0.2, -0.15) is 0 Å². The van der Waals surface area contributed by atoms with E-state index in [2.05, 4.69) is 38.2 Å². The Morgan fingerprint density at radius 2 is 1.81 bits per heavy atom. The summed E-state index contributed by atoms with van der Waals surface area (Å²) in [5.41, 5.74) is 0. The first kappa shape index (κ1) is 14.0. The smallest absolute Gasteiger partial charge is 0.0214 e. The van der Waals surface area contributed by atoms with Crippen molar-refractivity contribution in [1.82, 2.24) is 10.2 Å². The molecule has 0 heterocycles. The summed E-state index contributed by atoms with van der Waals surface area (Å²) >= 11 is 0. The minimum Gasteiger partial charge on any atom is -0.315 e. The second-order valence-electron chi connectivity index (χ2n) is 5.86. The Hall–Kier alpha value is -0.0800. The Morgan fingerprint density at radius 3 is 2.31 bits per heavy atom. The van der Waals surface area contributed by atoms with E-state index in [1.165, 1.54) is 45.2 Å². The third-order valence-corrected chi connectivity index (χ3v) is 3.98. The average molecular weight is 226 g/mol. The van der Waals surface area contributed by atoms with Crippen LogP contribution in [-0.4, -0.2) is 38.1 Å². The second-order valence-corrected chi connectivity index (χ2v) is 5.86. The normalized spacial score (nSPS) is 20.6. The van der Waals surface area contributed by atoms with E-state index in [0.717, 1.165) is 11.8 Å². The molecular weight excluding hydrogens is 196 g/mol.